The van der Waals surface area contributed by atoms with Gasteiger partial charge in [0.2, 0.25) is 0 Å². The summed E-state index contributed by atoms with van der Waals surface area (Å²) < 4.78 is 0. The van der Waals surface area contributed by atoms with Crippen LogP contribution in [0.25, 0.3) is 0 Å². The molecule has 0 aromatic heterocycles. The Labute approximate surface area is 138 Å². The molecule has 1 saturated heterocycles. The Balaban J connectivity index is 1.63. The van der Waals surface area contributed by atoms with E-state index in [-0.39, 0.29) is 6.03 Å². The van der Waals surface area contributed by atoms with Crippen LogP contribution >= 0.6 is 11.6 Å². The maximum Gasteiger partial charge on any atom is 0.319 e. The maximum absolute atomic E-state index is 11.8. The second-order valence-corrected chi connectivity index (χ2v) is 6.89. The lowest BCUT2D eigenvalue weighted by atomic mass is 9.92. The Morgan fingerprint density at radius 2 is 2.05 bits per heavy atom. The molecular formula is C17H26ClN3O. The first-order valence-corrected chi connectivity index (χ1v) is 8.43. The van der Waals surface area contributed by atoms with E-state index >= 15 is 0 Å². The van der Waals surface area contributed by atoms with Crippen LogP contribution in [-0.4, -0.2) is 37.1 Å². The highest BCUT2D eigenvalue weighted by molar-refractivity contribution is 6.30. The van der Waals surface area contributed by atoms with Crippen LogP contribution in [0.1, 0.15) is 26.7 Å². The van der Waals surface area contributed by atoms with Gasteiger partial charge in [-0.1, -0.05) is 31.5 Å². The summed E-state index contributed by atoms with van der Waals surface area (Å²) in [6.07, 6.45) is 2.30. The highest BCUT2D eigenvalue weighted by Crippen LogP contribution is 2.20. The Kier molecular flexibility index (Phi) is 6.52. The van der Waals surface area contributed by atoms with Crippen LogP contribution in [0.2, 0.25) is 5.02 Å². The number of amides is 2. The van der Waals surface area contributed by atoms with E-state index in [1.165, 1.54) is 19.5 Å². The molecule has 1 aromatic carbocycles. The zero-order valence-electron chi connectivity index (χ0n) is 13.4. The fourth-order valence-corrected chi connectivity index (χ4v) is 3.41. The number of nitrogens with zero attached hydrogens (tertiary/aromatic N) is 1. The molecule has 1 aliphatic rings. The topological polar surface area (TPSA) is 44.4 Å². The molecule has 0 bridgehead atoms. The molecule has 22 heavy (non-hydrogen) atoms. The Morgan fingerprint density at radius 1 is 1.32 bits per heavy atom. The summed E-state index contributed by atoms with van der Waals surface area (Å²) in [6, 6.07) is 6.98. The van der Waals surface area contributed by atoms with E-state index in [1.807, 2.05) is 12.1 Å². The summed E-state index contributed by atoms with van der Waals surface area (Å²) in [5.74, 6) is 1.56. The quantitative estimate of drug-likeness (QED) is 0.809. The van der Waals surface area contributed by atoms with E-state index < -0.39 is 0 Å². The van der Waals surface area contributed by atoms with Gasteiger partial charge in [-0.05, 0) is 49.4 Å². The van der Waals surface area contributed by atoms with Crippen LogP contribution in [0.5, 0.6) is 0 Å². The van der Waals surface area contributed by atoms with Crippen molar-refractivity contribution in [2.75, 3.05) is 31.5 Å². The van der Waals surface area contributed by atoms with Gasteiger partial charge in [-0.15, -0.1) is 0 Å². The van der Waals surface area contributed by atoms with E-state index in [9.17, 15) is 4.79 Å². The number of rotatable bonds is 5. The van der Waals surface area contributed by atoms with Crippen LogP contribution in [0.15, 0.2) is 24.3 Å². The SMILES string of the molecule is C[C@H]1C[C@H](C)CN(CCCNC(=O)Nc2cccc(Cl)c2)C1. The fraction of sp³-hybridized carbons (Fsp3) is 0.588. The molecule has 1 aliphatic heterocycles. The smallest absolute Gasteiger partial charge is 0.319 e. The van der Waals surface area contributed by atoms with Crippen molar-refractivity contribution >= 4 is 23.3 Å². The molecule has 2 N–H and O–H groups in total. The van der Waals surface area contributed by atoms with Crippen molar-refractivity contribution in [2.24, 2.45) is 11.8 Å². The summed E-state index contributed by atoms with van der Waals surface area (Å²) >= 11 is 5.89. The normalized spacial score (nSPS) is 22.3. The lowest BCUT2D eigenvalue weighted by molar-refractivity contribution is 0.140. The van der Waals surface area contributed by atoms with E-state index in [2.05, 4.69) is 29.4 Å². The number of carbonyl (C=O) groups is 1. The largest absolute Gasteiger partial charge is 0.338 e. The van der Waals surface area contributed by atoms with Crippen LogP contribution in [-0.2, 0) is 0 Å². The summed E-state index contributed by atoms with van der Waals surface area (Å²) in [7, 11) is 0. The molecule has 0 unspecified atom stereocenters. The molecule has 1 aromatic rings. The Morgan fingerprint density at radius 3 is 2.73 bits per heavy atom. The number of urea groups is 1. The number of carbonyl (C=O) groups excluding carboxylic acids is 1. The molecule has 2 atom stereocenters. The highest BCUT2D eigenvalue weighted by Gasteiger charge is 2.20. The van der Waals surface area contributed by atoms with Crippen LogP contribution in [0, 0.1) is 11.8 Å². The van der Waals surface area contributed by atoms with Crippen molar-refractivity contribution < 1.29 is 4.79 Å². The number of hydrogen-bond donors (Lipinski definition) is 2. The molecule has 0 spiro atoms. The molecule has 1 heterocycles. The lowest BCUT2D eigenvalue weighted by Crippen LogP contribution is -2.40. The molecule has 2 rings (SSSR count). The molecule has 4 nitrogen and oxygen atoms in total. The van der Waals surface area contributed by atoms with Gasteiger partial charge in [0, 0.05) is 30.3 Å². The Bertz CT molecular complexity index is 485. The minimum atomic E-state index is -0.178. The van der Waals surface area contributed by atoms with Crippen molar-refractivity contribution in [3.8, 4) is 0 Å². The monoisotopic (exact) mass is 323 g/mol. The molecule has 2 amide bonds. The lowest BCUT2D eigenvalue weighted by Gasteiger charge is -2.34. The van der Waals surface area contributed by atoms with Crippen LogP contribution in [0.4, 0.5) is 10.5 Å². The molecule has 0 radical (unpaired) electrons. The predicted molar refractivity (Wildman–Crippen MR) is 92.5 cm³/mol. The van der Waals surface area contributed by atoms with Crippen molar-refractivity contribution in [3.05, 3.63) is 29.3 Å². The standard InChI is InChI=1S/C17H26ClN3O/c1-13-9-14(2)12-21(11-13)8-4-7-19-17(22)20-16-6-3-5-15(18)10-16/h3,5-6,10,13-14H,4,7-9,11-12H2,1-2H3,(H2,19,20,22)/t13-,14-/m0/s1. The predicted octanol–water partition coefficient (Wildman–Crippen LogP) is 3.83. The van der Waals surface area contributed by atoms with Crippen LogP contribution < -0.4 is 10.6 Å². The first kappa shape index (κ1) is 17.1. The molecule has 1 fully saturated rings. The maximum atomic E-state index is 11.8. The molecule has 0 saturated carbocycles. The van der Waals surface area contributed by atoms with Gasteiger partial charge < -0.3 is 15.5 Å². The number of anilines is 1. The first-order chi connectivity index (χ1) is 10.5. The van der Waals surface area contributed by atoms with E-state index in [4.69, 9.17) is 11.6 Å². The first-order valence-electron chi connectivity index (χ1n) is 8.05. The number of hydrogen-bond acceptors (Lipinski definition) is 2. The molecule has 5 heteroatoms. The van der Waals surface area contributed by atoms with Gasteiger partial charge in [0.1, 0.15) is 0 Å². The van der Waals surface area contributed by atoms with Crippen molar-refractivity contribution in [2.45, 2.75) is 26.7 Å². The third-order valence-electron chi connectivity index (χ3n) is 3.96. The molecule has 0 aliphatic carbocycles. The van der Waals surface area contributed by atoms with Gasteiger partial charge in [-0.3, -0.25) is 0 Å². The highest BCUT2D eigenvalue weighted by atomic mass is 35.5. The van der Waals surface area contributed by atoms with Gasteiger partial charge >= 0.3 is 6.03 Å². The van der Waals surface area contributed by atoms with Crippen molar-refractivity contribution in [1.29, 1.82) is 0 Å². The number of nitrogens with one attached hydrogen (secondary N) is 2. The minimum Gasteiger partial charge on any atom is -0.338 e. The summed E-state index contributed by atoms with van der Waals surface area (Å²) in [5.41, 5.74) is 0.712. The van der Waals surface area contributed by atoms with E-state index in [1.54, 1.807) is 12.1 Å². The number of likely N-dealkylation sites (tertiary alicyclic amines) is 1. The van der Waals surface area contributed by atoms with Gasteiger partial charge in [-0.25, -0.2) is 4.79 Å². The second-order valence-electron chi connectivity index (χ2n) is 6.45. The van der Waals surface area contributed by atoms with E-state index in [0.717, 1.165) is 24.8 Å². The number of benzene rings is 1. The zero-order chi connectivity index (χ0) is 15.9. The second kappa shape index (κ2) is 8.39. The van der Waals surface area contributed by atoms with E-state index in [0.29, 0.717) is 17.3 Å². The van der Waals surface area contributed by atoms with Gasteiger partial charge in [0.05, 0.1) is 0 Å². The Hall–Kier alpha value is -1.26. The number of piperidine rings is 1. The number of halogens is 1. The minimum absolute atomic E-state index is 0.178. The third kappa shape index (κ3) is 5.85. The van der Waals surface area contributed by atoms with Gasteiger partial charge in [-0.2, -0.15) is 0 Å². The summed E-state index contributed by atoms with van der Waals surface area (Å²) in [5, 5.41) is 6.30. The summed E-state index contributed by atoms with van der Waals surface area (Å²) in [4.78, 5) is 14.3. The molecular weight excluding hydrogens is 298 g/mol. The summed E-state index contributed by atoms with van der Waals surface area (Å²) in [6.45, 7) is 8.73. The average Bonchev–Trinajstić information content (AvgIpc) is 2.42. The van der Waals surface area contributed by atoms with Crippen LogP contribution in [0.3, 0.4) is 0 Å². The van der Waals surface area contributed by atoms with Gasteiger partial charge in [0.25, 0.3) is 0 Å². The van der Waals surface area contributed by atoms with Crippen molar-refractivity contribution in [1.82, 2.24) is 10.2 Å². The van der Waals surface area contributed by atoms with Gasteiger partial charge in [0.15, 0.2) is 0 Å². The molecule has 122 valence electrons. The average molecular weight is 324 g/mol. The zero-order valence-corrected chi connectivity index (χ0v) is 14.2. The third-order valence-corrected chi connectivity index (χ3v) is 4.20. The van der Waals surface area contributed by atoms with Crippen molar-refractivity contribution in [3.63, 3.8) is 0 Å². The fourth-order valence-electron chi connectivity index (χ4n) is 3.22.